The van der Waals surface area contributed by atoms with Gasteiger partial charge < -0.3 is 5.11 Å². The fraction of sp³-hybridized carbons (Fsp3) is 0.682. The predicted molar refractivity (Wildman–Crippen MR) is 102 cm³/mol. The van der Waals surface area contributed by atoms with Crippen LogP contribution in [0, 0.1) is 0 Å². The van der Waals surface area contributed by atoms with Crippen LogP contribution >= 0.6 is 0 Å². The molecule has 0 aliphatic carbocycles. The molecule has 0 saturated carbocycles. The van der Waals surface area contributed by atoms with Crippen LogP contribution in [-0.4, -0.2) is 10.9 Å². The van der Waals surface area contributed by atoms with Gasteiger partial charge in [-0.2, -0.15) is 0 Å². The largest absolute Gasteiger partial charge is 0.388 e. The summed E-state index contributed by atoms with van der Waals surface area (Å²) >= 11 is 0. The molecule has 1 atom stereocenters. The zero-order valence-electron chi connectivity index (χ0n) is 15.5. The molecule has 0 spiro atoms. The van der Waals surface area contributed by atoms with Crippen LogP contribution in [0.2, 0.25) is 0 Å². The fourth-order valence-electron chi connectivity index (χ4n) is 3.10. The molecule has 0 aliphatic rings. The van der Waals surface area contributed by atoms with E-state index < -0.39 is 6.10 Å². The Hall–Kier alpha value is -1.15. The van der Waals surface area contributed by atoms with Crippen LogP contribution in [0.4, 0.5) is 0 Å². The van der Waals surface area contributed by atoms with Gasteiger partial charge >= 0.3 is 0 Å². The number of aliphatic hydroxyl groups excluding tert-OH is 1. The first kappa shape index (κ1) is 20.9. The number of benzene rings is 1. The molecule has 1 aromatic rings. The van der Waals surface area contributed by atoms with E-state index in [9.17, 15) is 9.90 Å². The van der Waals surface area contributed by atoms with E-state index in [-0.39, 0.29) is 12.2 Å². The third-order valence-corrected chi connectivity index (χ3v) is 4.66. The van der Waals surface area contributed by atoms with Crippen molar-refractivity contribution in [1.29, 1.82) is 0 Å². The van der Waals surface area contributed by atoms with Crippen molar-refractivity contribution < 1.29 is 9.90 Å². The van der Waals surface area contributed by atoms with E-state index in [1.807, 2.05) is 30.3 Å². The molecule has 1 unspecified atom stereocenters. The zero-order chi connectivity index (χ0) is 17.5. The second-order valence-electron chi connectivity index (χ2n) is 6.95. The lowest BCUT2D eigenvalue weighted by molar-refractivity contribution is -0.121. The van der Waals surface area contributed by atoms with E-state index in [1.54, 1.807) is 0 Å². The quantitative estimate of drug-likeness (QED) is 0.378. The van der Waals surface area contributed by atoms with Crippen LogP contribution in [-0.2, 0) is 4.79 Å². The number of ketones is 1. The highest BCUT2D eigenvalue weighted by Gasteiger charge is 2.12. The summed E-state index contributed by atoms with van der Waals surface area (Å²) in [6.07, 6.45) is 14.5. The molecular weight excluding hydrogens is 296 g/mol. The van der Waals surface area contributed by atoms with Crippen molar-refractivity contribution in [3.8, 4) is 0 Å². The average molecular weight is 333 g/mol. The fourth-order valence-corrected chi connectivity index (χ4v) is 3.10. The molecule has 136 valence electrons. The molecule has 0 fully saturated rings. The van der Waals surface area contributed by atoms with Gasteiger partial charge in [0.2, 0.25) is 0 Å². The lowest BCUT2D eigenvalue weighted by Crippen LogP contribution is -2.06. The highest BCUT2D eigenvalue weighted by atomic mass is 16.3. The van der Waals surface area contributed by atoms with Gasteiger partial charge in [0.25, 0.3) is 0 Å². The van der Waals surface area contributed by atoms with Gasteiger partial charge in [-0.3, -0.25) is 4.79 Å². The summed E-state index contributed by atoms with van der Waals surface area (Å²) in [5, 5.41) is 10.0. The summed E-state index contributed by atoms with van der Waals surface area (Å²) in [6.45, 7) is 2.26. The lowest BCUT2D eigenvalue weighted by atomic mass is 10.0. The number of Topliss-reactive ketones (excluding diaryl/α,β-unsaturated/α-hetero) is 1. The van der Waals surface area contributed by atoms with Crippen molar-refractivity contribution in [2.45, 2.75) is 96.5 Å². The molecule has 0 heterocycles. The monoisotopic (exact) mass is 332 g/mol. The molecule has 24 heavy (non-hydrogen) atoms. The number of rotatable bonds is 15. The third kappa shape index (κ3) is 10.6. The Kier molecular flexibility index (Phi) is 12.4. The summed E-state index contributed by atoms with van der Waals surface area (Å²) in [4.78, 5) is 11.9. The van der Waals surface area contributed by atoms with Crippen molar-refractivity contribution in [3.63, 3.8) is 0 Å². The SMILES string of the molecule is CCCCCCCCCCCCCC(=O)CC(O)c1ccccc1. The first-order valence-corrected chi connectivity index (χ1v) is 9.98. The average Bonchev–Trinajstić information content (AvgIpc) is 2.60. The highest BCUT2D eigenvalue weighted by molar-refractivity contribution is 5.79. The topological polar surface area (TPSA) is 37.3 Å². The van der Waals surface area contributed by atoms with Crippen molar-refractivity contribution in [3.05, 3.63) is 35.9 Å². The van der Waals surface area contributed by atoms with Crippen molar-refractivity contribution in [2.75, 3.05) is 0 Å². The van der Waals surface area contributed by atoms with Crippen molar-refractivity contribution in [2.24, 2.45) is 0 Å². The summed E-state index contributed by atoms with van der Waals surface area (Å²) < 4.78 is 0. The smallest absolute Gasteiger partial charge is 0.135 e. The van der Waals surface area contributed by atoms with Crippen LogP contribution in [0.15, 0.2) is 30.3 Å². The van der Waals surface area contributed by atoms with Gasteiger partial charge in [0.1, 0.15) is 5.78 Å². The van der Waals surface area contributed by atoms with Gasteiger partial charge in [0, 0.05) is 12.8 Å². The molecule has 0 aliphatic heterocycles. The Bertz CT molecular complexity index is 413. The van der Waals surface area contributed by atoms with Gasteiger partial charge in [0.15, 0.2) is 0 Å². The maximum atomic E-state index is 11.9. The van der Waals surface area contributed by atoms with Crippen molar-refractivity contribution >= 4 is 5.78 Å². The van der Waals surface area contributed by atoms with Crippen LogP contribution < -0.4 is 0 Å². The van der Waals surface area contributed by atoms with Gasteiger partial charge in [-0.1, -0.05) is 101 Å². The van der Waals surface area contributed by atoms with Crippen LogP contribution in [0.5, 0.6) is 0 Å². The molecule has 1 rings (SSSR count). The molecule has 0 amide bonds. The third-order valence-electron chi connectivity index (χ3n) is 4.66. The molecule has 1 aromatic carbocycles. The Morgan fingerprint density at radius 2 is 1.33 bits per heavy atom. The highest BCUT2D eigenvalue weighted by Crippen LogP contribution is 2.18. The second-order valence-corrected chi connectivity index (χ2v) is 6.95. The number of hydrogen-bond donors (Lipinski definition) is 1. The molecule has 1 N–H and O–H groups in total. The number of unbranched alkanes of at least 4 members (excludes halogenated alkanes) is 10. The van der Waals surface area contributed by atoms with Crippen molar-refractivity contribution in [1.82, 2.24) is 0 Å². The number of carbonyl (C=O) groups excluding carboxylic acids is 1. The summed E-state index contributed by atoms with van der Waals surface area (Å²) in [5.41, 5.74) is 0.838. The van der Waals surface area contributed by atoms with Gasteiger partial charge in [-0.05, 0) is 12.0 Å². The molecule has 0 aromatic heterocycles. The molecule has 0 saturated heterocycles. The van der Waals surface area contributed by atoms with E-state index in [2.05, 4.69) is 6.92 Å². The first-order chi connectivity index (χ1) is 11.7. The van der Waals surface area contributed by atoms with E-state index in [0.717, 1.165) is 18.4 Å². The molecule has 2 heteroatoms. The summed E-state index contributed by atoms with van der Waals surface area (Å²) in [7, 11) is 0. The number of aliphatic hydroxyl groups is 1. The van der Waals surface area contributed by atoms with Crippen LogP contribution in [0.1, 0.15) is 102 Å². The minimum atomic E-state index is -0.647. The maximum absolute atomic E-state index is 11.9. The molecule has 0 bridgehead atoms. The second kappa shape index (κ2) is 14.2. The minimum absolute atomic E-state index is 0.183. The Morgan fingerprint density at radius 3 is 1.88 bits per heavy atom. The van der Waals surface area contributed by atoms with E-state index >= 15 is 0 Å². The molecule has 0 radical (unpaired) electrons. The normalized spacial score (nSPS) is 12.2. The van der Waals surface area contributed by atoms with E-state index in [1.165, 1.54) is 57.8 Å². The van der Waals surface area contributed by atoms with Gasteiger partial charge in [0.05, 0.1) is 6.10 Å². The number of carbonyl (C=O) groups is 1. The van der Waals surface area contributed by atoms with Crippen LogP contribution in [0.25, 0.3) is 0 Å². The van der Waals surface area contributed by atoms with Crippen LogP contribution in [0.3, 0.4) is 0 Å². The van der Waals surface area contributed by atoms with E-state index in [0.29, 0.717) is 6.42 Å². The van der Waals surface area contributed by atoms with Gasteiger partial charge in [-0.15, -0.1) is 0 Å². The standard InChI is InChI=1S/C22H36O2/c1-2-3-4-5-6-7-8-9-10-11-15-18-21(23)19-22(24)20-16-13-12-14-17-20/h12-14,16-17,22,24H,2-11,15,18-19H2,1H3. The van der Waals surface area contributed by atoms with E-state index in [4.69, 9.17) is 0 Å². The molecular formula is C22H36O2. The Labute approximate surface area is 148 Å². The maximum Gasteiger partial charge on any atom is 0.135 e. The molecule has 2 nitrogen and oxygen atoms in total. The summed E-state index contributed by atoms with van der Waals surface area (Å²) in [5.74, 6) is 0.183. The summed E-state index contributed by atoms with van der Waals surface area (Å²) in [6, 6.07) is 9.46. The Morgan fingerprint density at radius 1 is 0.833 bits per heavy atom. The first-order valence-electron chi connectivity index (χ1n) is 9.98. The Balaban J connectivity index is 1.93. The van der Waals surface area contributed by atoms with Gasteiger partial charge in [-0.25, -0.2) is 0 Å². The zero-order valence-corrected chi connectivity index (χ0v) is 15.5. The minimum Gasteiger partial charge on any atom is -0.388 e. The number of hydrogen-bond acceptors (Lipinski definition) is 2. The lowest BCUT2D eigenvalue weighted by Gasteiger charge is -2.10. The predicted octanol–water partition coefficient (Wildman–Crippen LogP) is 6.38.